The van der Waals surface area contributed by atoms with E-state index in [0.29, 0.717) is 12.2 Å². The number of hydrogen-bond acceptors (Lipinski definition) is 5. The SMILES string of the molecule is CCc1ccc(C(Cc2nnn(C)n2)NN)cc1. The van der Waals surface area contributed by atoms with Crippen LogP contribution in [0, 0.1) is 0 Å². The Hall–Kier alpha value is -1.79. The maximum Gasteiger partial charge on any atom is 0.176 e. The van der Waals surface area contributed by atoms with E-state index in [1.165, 1.54) is 10.4 Å². The lowest BCUT2D eigenvalue weighted by Crippen LogP contribution is -2.29. The number of nitrogens with one attached hydrogen (secondary N) is 1. The average Bonchev–Trinajstić information content (AvgIpc) is 2.82. The number of hydrazine groups is 1. The summed E-state index contributed by atoms with van der Waals surface area (Å²) < 4.78 is 0. The molecule has 1 aromatic carbocycles. The van der Waals surface area contributed by atoms with Crippen LogP contribution in [0.5, 0.6) is 0 Å². The van der Waals surface area contributed by atoms with Gasteiger partial charge in [-0.1, -0.05) is 31.2 Å². The molecule has 2 rings (SSSR count). The molecule has 0 aliphatic rings. The Balaban J connectivity index is 2.12. The first-order valence-electron chi connectivity index (χ1n) is 6.00. The summed E-state index contributed by atoms with van der Waals surface area (Å²) in [7, 11) is 1.75. The first-order chi connectivity index (χ1) is 8.72. The Bertz CT molecular complexity index is 490. The number of rotatable bonds is 5. The van der Waals surface area contributed by atoms with Gasteiger partial charge in [0.25, 0.3) is 0 Å². The molecule has 6 nitrogen and oxygen atoms in total. The molecule has 2 aromatic rings. The van der Waals surface area contributed by atoms with Crippen LogP contribution in [0.3, 0.4) is 0 Å². The minimum Gasteiger partial charge on any atom is -0.271 e. The minimum absolute atomic E-state index is 0.0000983. The molecule has 0 aliphatic heterocycles. The van der Waals surface area contributed by atoms with Crippen LogP contribution in [0.1, 0.15) is 29.9 Å². The number of aryl methyl sites for hydroxylation is 2. The van der Waals surface area contributed by atoms with Crippen molar-refractivity contribution in [1.29, 1.82) is 0 Å². The number of nitrogens with zero attached hydrogens (tertiary/aromatic N) is 4. The van der Waals surface area contributed by atoms with E-state index in [-0.39, 0.29) is 6.04 Å². The lowest BCUT2D eigenvalue weighted by molar-refractivity contribution is 0.536. The largest absolute Gasteiger partial charge is 0.271 e. The molecule has 96 valence electrons. The van der Waals surface area contributed by atoms with Gasteiger partial charge in [0.05, 0.1) is 13.1 Å². The molecule has 1 aromatic heterocycles. The molecule has 0 fully saturated rings. The number of nitrogens with two attached hydrogens (primary N) is 1. The third kappa shape index (κ3) is 2.91. The highest BCUT2D eigenvalue weighted by Gasteiger charge is 2.13. The van der Waals surface area contributed by atoms with E-state index in [0.717, 1.165) is 12.0 Å². The Morgan fingerprint density at radius 2 is 2.06 bits per heavy atom. The van der Waals surface area contributed by atoms with E-state index in [4.69, 9.17) is 5.84 Å². The van der Waals surface area contributed by atoms with Gasteiger partial charge >= 0.3 is 0 Å². The van der Waals surface area contributed by atoms with Gasteiger partial charge in [-0.15, -0.1) is 10.2 Å². The predicted molar refractivity (Wildman–Crippen MR) is 68.4 cm³/mol. The Kier molecular flexibility index (Phi) is 4.01. The Morgan fingerprint density at radius 3 is 2.56 bits per heavy atom. The Morgan fingerprint density at radius 1 is 1.33 bits per heavy atom. The van der Waals surface area contributed by atoms with Crippen molar-refractivity contribution in [3.8, 4) is 0 Å². The molecule has 0 spiro atoms. The third-order valence-electron chi connectivity index (χ3n) is 2.93. The zero-order valence-electron chi connectivity index (χ0n) is 10.7. The highest BCUT2D eigenvalue weighted by atomic mass is 15.6. The fraction of sp³-hybridized carbons (Fsp3) is 0.417. The molecule has 1 unspecified atom stereocenters. The van der Waals surface area contributed by atoms with Crippen molar-refractivity contribution in [2.24, 2.45) is 12.9 Å². The summed E-state index contributed by atoms with van der Waals surface area (Å²) in [5.74, 6) is 6.28. The molecule has 3 N–H and O–H groups in total. The van der Waals surface area contributed by atoms with Crippen LogP contribution >= 0.6 is 0 Å². The summed E-state index contributed by atoms with van der Waals surface area (Å²) in [5.41, 5.74) is 5.24. The lowest BCUT2D eigenvalue weighted by Gasteiger charge is -2.14. The van der Waals surface area contributed by atoms with Gasteiger partial charge in [0.2, 0.25) is 0 Å². The quantitative estimate of drug-likeness (QED) is 0.593. The normalized spacial score (nSPS) is 12.6. The highest BCUT2D eigenvalue weighted by Crippen LogP contribution is 2.16. The smallest absolute Gasteiger partial charge is 0.176 e. The minimum atomic E-state index is 0.0000983. The van der Waals surface area contributed by atoms with Crippen LogP contribution in [-0.4, -0.2) is 20.2 Å². The van der Waals surface area contributed by atoms with Gasteiger partial charge in [0.15, 0.2) is 5.82 Å². The van der Waals surface area contributed by atoms with Crippen LogP contribution in [0.2, 0.25) is 0 Å². The molecule has 0 saturated carbocycles. The van der Waals surface area contributed by atoms with Gasteiger partial charge in [-0.3, -0.25) is 11.3 Å². The topological polar surface area (TPSA) is 81.7 Å². The molecule has 0 bridgehead atoms. The second-order valence-corrected chi connectivity index (χ2v) is 4.21. The molecule has 18 heavy (non-hydrogen) atoms. The molecular formula is C12H18N6. The van der Waals surface area contributed by atoms with Crippen molar-refractivity contribution in [2.45, 2.75) is 25.8 Å². The maximum atomic E-state index is 5.60. The summed E-state index contributed by atoms with van der Waals surface area (Å²) in [4.78, 5) is 1.45. The molecule has 6 heteroatoms. The van der Waals surface area contributed by atoms with Crippen LogP contribution in [-0.2, 0) is 19.9 Å². The highest BCUT2D eigenvalue weighted by molar-refractivity contribution is 5.25. The molecule has 1 heterocycles. The molecule has 1 atom stereocenters. The number of benzene rings is 1. The second-order valence-electron chi connectivity index (χ2n) is 4.21. The Labute approximate surface area is 106 Å². The van der Waals surface area contributed by atoms with Crippen molar-refractivity contribution in [2.75, 3.05) is 0 Å². The number of tetrazole rings is 1. The van der Waals surface area contributed by atoms with Gasteiger partial charge in [-0.2, -0.15) is 4.80 Å². The predicted octanol–water partition coefficient (Wildman–Crippen LogP) is 0.520. The van der Waals surface area contributed by atoms with Crippen LogP contribution in [0.25, 0.3) is 0 Å². The molecule has 0 saturated heterocycles. The summed E-state index contributed by atoms with van der Waals surface area (Å²) in [6, 6.07) is 8.40. The molecule has 0 aliphatic carbocycles. The van der Waals surface area contributed by atoms with Crippen molar-refractivity contribution in [3.05, 3.63) is 41.2 Å². The van der Waals surface area contributed by atoms with Crippen LogP contribution in [0.4, 0.5) is 0 Å². The second kappa shape index (κ2) is 5.70. The average molecular weight is 246 g/mol. The fourth-order valence-electron chi connectivity index (χ4n) is 1.85. The van der Waals surface area contributed by atoms with E-state index in [1.54, 1.807) is 7.05 Å². The van der Waals surface area contributed by atoms with Gasteiger partial charge in [0.1, 0.15) is 0 Å². The summed E-state index contributed by atoms with van der Waals surface area (Å²) in [6.45, 7) is 2.14. The maximum absolute atomic E-state index is 5.60. The zero-order valence-corrected chi connectivity index (χ0v) is 10.7. The third-order valence-corrected chi connectivity index (χ3v) is 2.93. The first-order valence-corrected chi connectivity index (χ1v) is 6.00. The fourth-order valence-corrected chi connectivity index (χ4v) is 1.85. The van der Waals surface area contributed by atoms with Gasteiger partial charge in [0, 0.05) is 6.42 Å². The monoisotopic (exact) mass is 246 g/mol. The van der Waals surface area contributed by atoms with Crippen molar-refractivity contribution in [1.82, 2.24) is 25.6 Å². The van der Waals surface area contributed by atoms with E-state index in [9.17, 15) is 0 Å². The van der Waals surface area contributed by atoms with E-state index in [1.807, 2.05) is 0 Å². The number of aromatic nitrogens is 4. The van der Waals surface area contributed by atoms with Gasteiger partial charge in [-0.05, 0) is 22.8 Å². The van der Waals surface area contributed by atoms with E-state index >= 15 is 0 Å². The summed E-state index contributed by atoms with van der Waals surface area (Å²) in [5, 5.41) is 11.9. The molecule has 0 amide bonds. The molecular weight excluding hydrogens is 228 g/mol. The van der Waals surface area contributed by atoms with Gasteiger partial charge in [-0.25, -0.2) is 0 Å². The zero-order chi connectivity index (χ0) is 13.0. The first kappa shape index (κ1) is 12.7. The van der Waals surface area contributed by atoms with Crippen LogP contribution < -0.4 is 11.3 Å². The van der Waals surface area contributed by atoms with E-state index in [2.05, 4.69) is 52.0 Å². The van der Waals surface area contributed by atoms with Gasteiger partial charge < -0.3 is 0 Å². The number of hydrogen-bond donors (Lipinski definition) is 2. The van der Waals surface area contributed by atoms with Crippen LogP contribution in [0.15, 0.2) is 24.3 Å². The van der Waals surface area contributed by atoms with Crippen molar-refractivity contribution in [3.63, 3.8) is 0 Å². The van der Waals surface area contributed by atoms with Crippen molar-refractivity contribution >= 4 is 0 Å². The standard InChI is InChI=1S/C12H18N6/c1-3-9-4-6-10(7-5-9)11(14-13)8-12-15-17-18(2)16-12/h4-7,11,14H,3,8,13H2,1-2H3. The summed E-state index contributed by atoms with van der Waals surface area (Å²) in [6.07, 6.45) is 1.66. The van der Waals surface area contributed by atoms with E-state index < -0.39 is 0 Å². The lowest BCUT2D eigenvalue weighted by atomic mass is 10.0. The summed E-state index contributed by atoms with van der Waals surface area (Å²) >= 11 is 0. The van der Waals surface area contributed by atoms with Crippen molar-refractivity contribution < 1.29 is 0 Å². The molecule has 0 radical (unpaired) electrons.